The molecule has 1 heterocycles. The van der Waals surface area contributed by atoms with Gasteiger partial charge in [0.05, 0.1) is 36.0 Å². The van der Waals surface area contributed by atoms with Gasteiger partial charge in [-0.25, -0.2) is 0 Å². The van der Waals surface area contributed by atoms with E-state index < -0.39 is 23.7 Å². The Kier molecular flexibility index (Phi) is 8.39. The van der Waals surface area contributed by atoms with Crippen molar-refractivity contribution >= 4 is 52.2 Å². The van der Waals surface area contributed by atoms with Crippen LogP contribution in [0.4, 0.5) is 22.7 Å². The van der Waals surface area contributed by atoms with Gasteiger partial charge in [0, 0.05) is 42.4 Å². The highest BCUT2D eigenvalue weighted by molar-refractivity contribution is 6.24. The van der Waals surface area contributed by atoms with E-state index in [1.807, 2.05) is 61.5 Å². The maximum absolute atomic E-state index is 14.2. The summed E-state index contributed by atoms with van der Waals surface area (Å²) >= 11 is 0. The Balaban J connectivity index is 1.17. The van der Waals surface area contributed by atoms with E-state index in [1.54, 1.807) is 43.3 Å². The fourth-order valence-electron chi connectivity index (χ4n) is 7.52. The summed E-state index contributed by atoms with van der Waals surface area (Å²) in [5, 5.41) is 18.7. The molecule has 10 heteroatoms. The van der Waals surface area contributed by atoms with Crippen LogP contribution >= 0.6 is 0 Å². The van der Waals surface area contributed by atoms with Crippen LogP contribution in [0.3, 0.4) is 0 Å². The van der Waals surface area contributed by atoms with Crippen LogP contribution in [0.15, 0.2) is 117 Å². The molecule has 0 spiro atoms. The van der Waals surface area contributed by atoms with E-state index in [0.717, 1.165) is 16.8 Å². The monoisotopic (exact) mass is 668 g/mol. The van der Waals surface area contributed by atoms with Crippen molar-refractivity contribution in [3.8, 4) is 11.5 Å². The summed E-state index contributed by atoms with van der Waals surface area (Å²) in [6, 6.07) is 19.4. The molecule has 0 bridgehead atoms. The van der Waals surface area contributed by atoms with Gasteiger partial charge in [0.25, 0.3) is 0 Å². The van der Waals surface area contributed by atoms with Crippen molar-refractivity contribution in [2.45, 2.75) is 19.8 Å². The minimum absolute atomic E-state index is 0.000993. The van der Waals surface area contributed by atoms with E-state index in [-0.39, 0.29) is 35.6 Å². The van der Waals surface area contributed by atoms with Crippen LogP contribution in [0, 0.1) is 23.7 Å². The van der Waals surface area contributed by atoms with Gasteiger partial charge in [0.2, 0.25) is 11.8 Å². The molecule has 3 aromatic carbocycles. The SMILES string of the molecule is COc1cc(C=C[C@H]2C3=CC[C@@H]4C(=O)N(c5ccc(N=Nc6ccc(N(C)C)cc6)cc5)C(=O)[C@@H]4[C@@H]3CC3=C2C(=O)C=C(C)C3=O)ccc1O. The zero-order valence-corrected chi connectivity index (χ0v) is 28.2. The fraction of sp³-hybridized carbons (Fsp3) is 0.250. The number of amides is 2. The maximum Gasteiger partial charge on any atom is 0.238 e. The predicted molar refractivity (Wildman–Crippen MR) is 190 cm³/mol. The number of methoxy groups -OCH3 is 1. The number of nitrogens with zero attached hydrogens (tertiary/aromatic N) is 4. The number of benzene rings is 3. The van der Waals surface area contributed by atoms with Gasteiger partial charge in [-0.1, -0.05) is 29.9 Å². The third kappa shape index (κ3) is 5.66. The van der Waals surface area contributed by atoms with E-state index in [0.29, 0.717) is 46.0 Å². The molecule has 3 aromatic rings. The Morgan fingerprint density at radius 3 is 2.24 bits per heavy atom. The number of hydrogen-bond acceptors (Lipinski definition) is 9. The van der Waals surface area contributed by atoms with Crippen molar-refractivity contribution in [3.63, 3.8) is 0 Å². The van der Waals surface area contributed by atoms with E-state index >= 15 is 0 Å². The van der Waals surface area contributed by atoms with Gasteiger partial charge in [-0.15, -0.1) is 0 Å². The van der Waals surface area contributed by atoms with Crippen molar-refractivity contribution in [2.75, 3.05) is 31.0 Å². The number of hydrogen-bond donors (Lipinski definition) is 1. The highest BCUT2D eigenvalue weighted by Gasteiger charge is 2.56. The molecule has 1 saturated heterocycles. The van der Waals surface area contributed by atoms with Crippen LogP contribution in [0.2, 0.25) is 0 Å². The number of phenols is 1. The first kappa shape index (κ1) is 32.6. The Hall–Kier alpha value is -5.90. The number of azo groups is 1. The van der Waals surface area contributed by atoms with E-state index in [9.17, 15) is 24.3 Å². The third-order valence-corrected chi connectivity index (χ3v) is 10.1. The molecule has 1 N–H and O–H groups in total. The van der Waals surface area contributed by atoms with Crippen molar-refractivity contribution in [2.24, 2.45) is 33.9 Å². The van der Waals surface area contributed by atoms with E-state index in [2.05, 4.69) is 10.2 Å². The number of carbonyl (C=O) groups excluding carboxylic acids is 4. The summed E-state index contributed by atoms with van der Waals surface area (Å²) in [4.78, 5) is 58.3. The largest absolute Gasteiger partial charge is 0.504 e. The molecule has 7 rings (SSSR count). The number of fused-ring (bicyclic) bond motifs is 3. The van der Waals surface area contributed by atoms with Crippen molar-refractivity contribution in [1.29, 1.82) is 0 Å². The summed E-state index contributed by atoms with van der Waals surface area (Å²) in [5.41, 5.74) is 5.52. The number of Topliss-reactive ketones (excluding diaryl/α,β-unsaturated/α-hetero) is 1. The average molecular weight is 669 g/mol. The molecule has 4 atom stereocenters. The van der Waals surface area contributed by atoms with Crippen LogP contribution in [-0.2, 0) is 19.2 Å². The van der Waals surface area contributed by atoms with E-state index in [1.165, 1.54) is 24.2 Å². The second-order valence-corrected chi connectivity index (χ2v) is 13.2. The smallest absolute Gasteiger partial charge is 0.238 e. The minimum Gasteiger partial charge on any atom is -0.504 e. The summed E-state index contributed by atoms with van der Waals surface area (Å²) in [6.07, 6.45) is 7.59. The Bertz CT molecular complexity index is 2090. The minimum atomic E-state index is -0.681. The molecule has 10 nitrogen and oxygen atoms in total. The second kappa shape index (κ2) is 12.9. The lowest BCUT2D eigenvalue weighted by atomic mass is 9.60. The molecule has 0 aromatic heterocycles. The summed E-state index contributed by atoms with van der Waals surface area (Å²) < 4.78 is 5.26. The number of allylic oxidation sites excluding steroid dienone is 7. The lowest BCUT2D eigenvalue weighted by Crippen LogP contribution is -2.40. The number of rotatable bonds is 7. The Morgan fingerprint density at radius 2 is 1.58 bits per heavy atom. The molecule has 1 fully saturated rings. The van der Waals surface area contributed by atoms with Gasteiger partial charge in [-0.2, -0.15) is 10.2 Å². The highest BCUT2D eigenvalue weighted by atomic mass is 16.5. The van der Waals surface area contributed by atoms with Crippen molar-refractivity contribution in [1.82, 2.24) is 0 Å². The van der Waals surface area contributed by atoms with Gasteiger partial charge >= 0.3 is 0 Å². The molecule has 0 radical (unpaired) electrons. The zero-order valence-electron chi connectivity index (χ0n) is 28.2. The fourth-order valence-corrected chi connectivity index (χ4v) is 7.52. The number of ether oxygens (including phenoxy) is 1. The van der Waals surface area contributed by atoms with Crippen LogP contribution in [0.25, 0.3) is 6.08 Å². The molecule has 252 valence electrons. The zero-order chi connectivity index (χ0) is 35.3. The van der Waals surface area contributed by atoms with Gasteiger partial charge in [0.15, 0.2) is 23.1 Å². The quantitative estimate of drug-likeness (QED) is 0.124. The van der Waals surface area contributed by atoms with Crippen LogP contribution in [0.5, 0.6) is 11.5 Å². The number of imide groups is 1. The van der Waals surface area contributed by atoms with Crippen LogP contribution in [-0.4, -0.2) is 49.7 Å². The molecular weight excluding hydrogens is 632 g/mol. The number of carbonyl (C=O) groups is 4. The molecule has 0 saturated carbocycles. The summed E-state index contributed by atoms with van der Waals surface area (Å²) in [6.45, 7) is 1.63. The first-order valence-electron chi connectivity index (χ1n) is 16.5. The highest BCUT2D eigenvalue weighted by Crippen LogP contribution is 2.53. The molecule has 1 aliphatic heterocycles. The average Bonchev–Trinajstić information content (AvgIpc) is 3.38. The molecular formula is C40H36N4O6. The Morgan fingerprint density at radius 1 is 0.900 bits per heavy atom. The molecule has 2 amide bonds. The van der Waals surface area contributed by atoms with Crippen LogP contribution < -0.4 is 14.5 Å². The van der Waals surface area contributed by atoms with E-state index in [4.69, 9.17) is 4.74 Å². The standard InChI is InChI=1S/C40H36N4O6/c1-22-19-34(46)36-29(15-5-23-6-18-33(45)35(20-23)50-4)28-16-17-30-37(31(28)21-32(36)38(22)47)40(49)44(39(30)48)27-13-9-25(10-14-27)42-41-24-7-11-26(12-8-24)43(2)3/h5-16,18-20,29-31,37,45H,17,21H2,1-4H3/t29-,30-,31+,37-/m0/s1. The number of aromatic hydroxyl groups is 1. The predicted octanol–water partition coefficient (Wildman–Crippen LogP) is 7.06. The normalized spacial score (nSPS) is 23.2. The van der Waals surface area contributed by atoms with Crippen molar-refractivity contribution in [3.05, 3.63) is 113 Å². The molecule has 0 unspecified atom stereocenters. The lowest BCUT2D eigenvalue weighted by Gasteiger charge is -2.41. The first-order valence-corrected chi connectivity index (χ1v) is 16.5. The molecule has 50 heavy (non-hydrogen) atoms. The maximum atomic E-state index is 14.2. The van der Waals surface area contributed by atoms with Gasteiger partial charge in [0.1, 0.15) is 0 Å². The van der Waals surface area contributed by atoms with Gasteiger partial charge in [-0.3, -0.25) is 24.1 Å². The topological polar surface area (TPSA) is 129 Å². The van der Waals surface area contributed by atoms with Crippen LogP contribution in [0.1, 0.15) is 25.3 Å². The summed E-state index contributed by atoms with van der Waals surface area (Å²) in [5.74, 6) is -3.00. The molecule has 3 aliphatic carbocycles. The lowest BCUT2D eigenvalue weighted by molar-refractivity contribution is -0.123. The van der Waals surface area contributed by atoms with Gasteiger partial charge in [-0.05, 0) is 98.0 Å². The summed E-state index contributed by atoms with van der Waals surface area (Å²) in [7, 11) is 5.39. The third-order valence-electron chi connectivity index (χ3n) is 10.1. The molecule has 4 aliphatic rings. The number of ketones is 2. The number of anilines is 2. The van der Waals surface area contributed by atoms with Gasteiger partial charge < -0.3 is 14.7 Å². The number of phenolic OH excluding ortho intramolecular Hbond substituents is 1. The second-order valence-electron chi connectivity index (χ2n) is 13.2. The Labute approximate surface area is 289 Å². The first-order chi connectivity index (χ1) is 24.0. The van der Waals surface area contributed by atoms with Crippen molar-refractivity contribution < 1.29 is 29.0 Å².